The fourth-order valence-electron chi connectivity index (χ4n) is 0.993. The van der Waals surface area contributed by atoms with Crippen LogP contribution in [-0.2, 0) is 9.47 Å². The molecule has 0 aliphatic carbocycles. The fraction of sp³-hybridized carbons (Fsp3) is 0.375. The molecule has 2 heterocycles. The van der Waals surface area contributed by atoms with Crippen LogP contribution in [-0.4, -0.2) is 35.5 Å². The van der Waals surface area contributed by atoms with E-state index in [1.165, 1.54) is 6.07 Å². The summed E-state index contributed by atoms with van der Waals surface area (Å²) >= 11 is 11.3. The van der Waals surface area contributed by atoms with Gasteiger partial charge in [-0.05, 0) is 6.07 Å². The van der Waals surface area contributed by atoms with Crippen LogP contribution in [0.4, 0.5) is 0 Å². The third-order valence-corrected chi connectivity index (χ3v) is 2.28. The minimum absolute atomic E-state index is 0.0235. The number of hydrogen-bond donors (Lipinski definition) is 0. The van der Waals surface area contributed by atoms with Crippen molar-refractivity contribution in [3.8, 4) is 0 Å². The van der Waals surface area contributed by atoms with E-state index in [1.54, 1.807) is 0 Å². The Bertz CT molecular complexity index is 395. The van der Waals surface area contributed by atoms with Crippen molar-refractivity contribution in [1.29, 1.82) is 0 Å². The summed E-state index contributed by atoms with van der Waals surface area (Å²) < 4.78 is 9.89. The molecule has 0 radical (unpaired) electrons. The number of ether oxygens (including phenoxy) is 2. The standard InChI is InChI=1S/C8H6Cl2N2O3/c9-6-1-5(7(10)12-11-6)8(13)15-4-2-14-3-4/h1,4H,2-3H2. The maximum absolute atomic E-state index is 11.5. The van der Waals surface area contributed by atoms with Gasteiger partial charge in [0.1, 0.15) is 11.7 Å². The van der Waals surface area contributed by atoms with E-state index < -0.39 is 5.97 Å². The highest BCUT2D eigenvalue weighted by atomic mass is 35.5. The molecule has 5 nitrogen and oxygen atoms in total. The largest absolute Gasteiger partial charge is 0.454 e. The number of esters is 1. The second kappa shape index (κ2) is 4.30. The average Bonchev–Trinajstić information content (AvgIpc) is 2.15. The van der Waals surface area contributed by atoms with E-state index >= 15 is 0 Å². The Morgan fingerprint density at radius 1 is 1.47 bits per heavy atom. The van der Waals surface area contributed by atoms with Gasteiger partial charge < -0.3 is 9.47 Å². The van der Waals surface area contributed by atoms with Gasteiger partial charge in [-0.25, -0.2) is 4.79 Å². The zero-order chi connectivity index (χ0) is 10.8. The Hall–Kier alpha value is -0.910. The second-order valence-corrected chi connectivity index (χ2v) is 3.68. The number of hydrogen-bond acceptors (Lipinski definition) is 5. The minimum atomic E-state index is -0.565. The Labute approximate surface area is 95.3 Å². The third-order valence-electron chi connectivity index (χ3n) is 1.82. The predicted octanol–water partition coefficient (Wildman–Crippen LogP) is 1.34. The first-order chi connectivity index (χ1) is 7.16. The van der Waals surface area contributed by atoms with E-state index in [1.807, 2.05) is 0 Å². The van der Waals surface area contributed by atoms with E-state index in [-0.39, 0.29) is 22.0 Å². The molecule has 15 heavy (non-hydrogen) atoms. The van der Waals surface area contributed by atoms with Gasteiger partial charge in [0, 0.05) is 0 Å². The van der Waals surface area contributed by atoms with Crippen LogP contribution in [0.1, 0.15) is 10.4 Å². The van der Waals surface area contributed by atoms with Crippen LogP contribution < -0.4 is 0 Å². The van der Waals surface area contributed by atoms with Crippen molar-refractivity contribution in [3.05, 3.63) is 21.9 Å². The van der Waals surface area contributed by atoms with Crippen molar-refractivity contribution in [2.45, 2.75) is 6.10 Å². The summed E-state index contributed by atoms with van der Waals surface area (Å²) in [6, 6.07) is 1.32. The van der Waals surface area contributed by atoms with Gasteiger partial charge in [-0.15, -0.1) is 10.2 Å². The highest BCUT2D eigenvalue weighted by Gasteiger charge is 2.25. The molecule has 1 fully saturated rings. The molecule has 1 saturated heterocycles. The lowest BCUT2D eigenvalue weighted by Gasteiger charge is -2.25. The number of carbonyl (C=O) groups is 1. The van der Waals surface area contributed by atoms with Crippen LogP contribution in [0.25, 0.3) is 0 Å². The van der Waals surface area contributed by atoms with E-state index in [4.69, 9.17) is 32.7 Å². The second-order valence-electron chi connectivity index (χ2n) is 2.94. The highest BCUT2D eigenvalue weighted by Crippen LogP contribution is 2.18. The Kier molecular flexibility index (Phi) is 3.04. The number of halogens is 2. The van der Waals surface area contributed by atoms with Crippen LogP contribution in [0.2, 0.25) is 10.3 Å². The molecule has 0 unspecified atom stereocenters. The predicted molar refractivity (Wildman–Crippen MR) is 52.1 cm³/mol. The Morgan fingerprint density at radius 2 is 2.20 bits per heavy atom. The molecule has 0 bridgehead atoms. The zero-order valence-electron chi connectivity index (χ0n) is 7.44. The molecular weight excluding hydrogens is 243 g/mol. The van der Waals surface area contributed by atoms with Crippen LogP contribution in [0.5, 0.6) is 0 Å². The van der Waals surface area contributed by atoms with Crippen LogP contribution in [0.3, 0.4) is 0 Å². The molecule has 0 amide bonds. The molecule has 0 atom stereocenters. The monoisotopic (exact) mass is 248 g/mol. The summed E-state index contributed by atoms with van der Waals surface area (Å²) in [6.45, 7) is 0.825. The molecule has 0 spiro atoms. The van der Waals surface area contributed by atoms with Crippen molar-refractivity contribution in [2.75, 3.05) is 13.2 Å². The molecule has 1 aromatic heterocycles. The lowest BCUT2D eigenvalue weighted by atomic mass is 10.3. The van der Waals surface area contributed by atoms with Gasteiger partial charge in [-0.1, -0.05) is 23.2 Å². The van der Waals surface area contributed by atoms with E-state index in [9.17, 15) is 4.79 Å². The van der Waals surface area contributed by atoms with Gasteiger partial charge in [0.05, 0.1) is 13.2 Å². The van der Waals surface area contributed by atoms with E-state index in [0.29, 0.717) is 13.2 Å². The smallest absolute Gasteiger partial charge is 0.341 e. The summed E-state index contributed by atoms with van der Waals surface area (Å²) in [7, 11) is 0. The van der Waals surface area contributed by atoms with Crippen LogP contribution >= 0.6 is 23.2 Å². The van der Waals surface area contributed by atoms with Gasteiger partial charge in [-0.3, -0.25) is 0 Å². The fourth-order valence-corrected chi connectivity index (χ4v) is 1.31. The Morgan fingerprint density at radius 3 is 2.80 bits per heavy atom. The summed E-state index contributed by atoms with van der Waals surface area (Å²) in [5.41, 5.74) is 0.114. The number of carbonyl (C=O) groups excluding carboxylic acids is 1. The number of nitrogens with zero attached hydrogens (tertiary/aromatic N) is 2. The van der Waals surface area contributed by atoms with Gasteiger partial charge >= 0.3 is 5.97 Å². The van der Waals surface area contributed by atoms with Crippen molar-refractivity contribution in [3.63, 3.8) is 0 Å². The lowest BCUT2D eigenvalue weighted by molar-refractivity contribution is -0.103. The quantitative estimate of drug-likeness (QED) is 0.740. The van der Waals surface area contributed by atoms with Gasteiger partial charge in [-0.2, -0.15) is 0 Å². The topological polar surface area (TPSA) is 61.3 Å². The van der Waals surface area contributed by atoms with Crippen molar-refractivity contribution in [2.24, 2.45) is 0 Å². The first-order valence-electron chi connectivity index (χ1n) is 4.14. The molecule has 1 aromatic rings. The van der Waals surface area contributed by atoms with Crippen molar-refractivity contribution < 1.29 is 14.3 Å². The summed E-state index contributed by atoms with van der Waals surface area (Å²) in [5, 5.41) is 7.06. The maximum Gasteiger partial charge on any atom is 0.341 e. The van der Waals surface area contributed by atoms with Gasteiger partial charge in [0.2, 0.25) is 0 Å². The lowest BCUT2D eigenvalue weighted by Crippen LogP contribution is -2.37. The van der Waals surface area contributed by atoms with Crippen LogP contribution in [0.15, 0.2) is 6.07 Å². The van der Waals surface area contributed by atoms with Crippen molar-refractivity contribution >= 4 is 29.2 Å². The summed E-state index contributed by atoms with van der Waals surface area (Å²) in [5.74, 6) is -0.565. The molecule has 1 aliphatic heterocycles. The molecular formula is C8H6Cl2N2O3. The van der Waals surface area contributed by atoms with Gasteiger partial charge in [0.25, 0.3) is 0 Å². The molecule has 0 N–H and O–H groups in total. The molecule has 1 aliphatic rings. The minimum Gasteiger partial charge on any atom is -0.454 e. The number of rotatable bonds is 2. The van der Waals surface area contributed by atoms with E-state index in [2.05, 4.69) is 10.2 Å². The zero-order valence-corrected chi connectivity index (χ0v) is 8.96. The Balaban J connectivity index is 2.12. The average molecular weight is 249 g/mol. The maximum atomic E-state index is 11.5. The van der Waals surface area contributed by atoms with E-state index in [0.717, 1.165) is 0 Å². The highest BCUT2D eigenvalue weighted by molar-refractivity contribution is 6.33. The molecule has 0 aromatic carbocycles. The van der Waals surface area contributed by atoms with Crippen LogP contribution in [0, 0.1) is 0 Å². The normalized spacial score (nSPS) is 15.9. The summed E-state index contributed by atoms with van der Waals surface area (Å²) in [4.78, 5) is 11.5. The molecule has 0 saturated carbocycles. The first-order valence-corrected chi connectivity index (χ1v) is 4.90. The van der Waals surface area contributed by atoms with Crippen molar-refractivity contribution in [1.82, 2.24) is 10.2 Å². The first kappa shape index (κ1) is 10.6. The molecule has 7 heteroatoms. The molecule has 80 valence electrons. The SMILES string of the molecule is O=C(OC1COC1)c1cc(Cl)nnc1Cl. The third kappa shape index (κ3) is 2.37. The molecule has 2 rings (SSSR count). The number of aromatic nitrogens is 2. The summed E-state index contributed by atoms with van der Waals surface area (Å²) in [6.07, 6.45) is -0.208. The van der Waals surface area contributed by atoms with Gasteiger partial charge in [0.15, 0.2) is 10.3 Å².